The van der Waals surface area contributed by atoms with E-state index >= 15 is 0 Å². The third-order valence-corrected chi connectivity index (χ3v) is 8.56. The van der Waals surface area contributed by atoms with Crippen molar-refractivity contribution in [2.24, 2.45) is 15.0 Å². The van der Waals surface area contributed by atoms with Crippen molar-refractivity contribution in [2.45, 2.75) is 81.1 Å². The molecule has 0 fully saturated rings. The Bertz CT molecular complexity index is 1690. The Labute approximate surface area is 234 Å². The number of nitrogens with zero attached hydrogens (tertiary/aromatic N) is 3. The number of aromatic amines is 1. The van der Waals surface area contributed by atoms with E-state index in [9.17, 15) is 20.1 Å². The lowest BCUT2D eigenvalue weighted by Gasteiger charge is -2.08. The van der Waals surface area contributed by atoms with Crippen molar-refractivity contribution < 1.29 is 20.1 Å². The van der Waals surface area contributed by atoms with Crippen LogP contribution in [0.3, 0.4) is 0 Å². The van der Waals surface area contributed by atoms with Gasteiger partial charge in [-0.2, -0.15) is 0 Å². The number of allylic oxidation sites excluding steroid dienone is 6. The van der Waals surface area contributed by atoms with Gasteiger partial charge in [0.2, 0.25) is 5.78 Å². The van der Waals surface area contributed by atoms with Crippen LogP contribution in [0.2, 0.25) is 0 Å². The highest BCUT2D eigenvalue weighted by Crippen LogP contribution is 2.41. The zero-order valence-corrected chi connectivity index (χ0v) is 24.4. The van der Waals surface area contributed by atoms with Gasteiger partial charge in [-0.05, 0) is 97.9 Å². The van der Waals surface area contributed by atoms with Crippen molar-refractivity contribution in [3.05, 3.63) is 78.8 Å². The Morgan fingerprint density at radius 1 is 0.550 bits per heavy atom. The number of rotatable bonds is 4. The van der Waals surface area contributed by atoms with Crippen LogP contribution in [0.15, 0.2) is 71.3 Å². The summed E-state index contributed by atoms with van der Waals surface area (Å²) in [6.45, 7) is 15.3. The highest BCUT2D eigenvalue weighted by Gasteiger charge is 2.36. The molecular formula is C32H36N4O4. The number of Topliss-reactive ketones (excluding diaryl/α,β-unsaturated/α-hetero) is 1. The molecule has 40 heavy (non-hydrogen) atoms. The van der Waals surface area contributed by atoms with E-state index in [2.05, 4.69) is 15.0 Å². The van der Waals surface area contributed by atoms with Gasteiger partial charge in [-0.1, -0.05) is 27.7 Å². The molecule has 1 aromatic rings. The monoisotopic (exact) mass is 540 g/mol. The summed E-state index contributed by atoms with van der Waals surface area (Å²) in [7, 11) is 0. The fraction of sp³-hybridized carbons (Fsp3) is 0.375. The highest BCUT2D eigenvalue weighted by atomic mass is 16.3. The molecule has 0 amide bonds. The number of aromatic nitrogens is 1. The first-order valence-electron chi connectivity index (χ1n) is 14.0. The lowest BCUT2D eigenvalue weighted by molar-refractivity contribution is -0.107. The first kappa shape index (κ1) is 27.4. The highest BCUT2D eigenvalue weighted by molar-refractivity contribution is 6.73. The molecule has 0 saturated heterocycles. The second kappa shape index (κ2) is 9.77. The van der Waals surface area contributed by atoms with Gasteiger partial charge >= 0.3 is 0 Å². The molecule has 8 heteroatoms. The largest absolute Gasteiger partial charge is 0.504 e. The minimum atomic E-state index is -0.357. The number of ketones is 1. The molecule has 0 spiro atoms. The topological polar surface area (TPSA) is 131 Å². The van der Waals surface area contributed by atoms with Crippen molar-refractivity contribution in [1.29, 1.82) is 0 Å². The van der Waals surface area contributed by atoms with Crippen LogP contribution in [0.1, 0.15) is 90.7 Å². The van der Waals surface area contributed by atoms with E-state index in [1.54, 1.807) is 6.92 Å². The summed E-state index contributed by atoms with van der Waals surface area (Å²) in [5.41, 5.74) is 8.74. The Hall–Kier alpha value is -4.20. The van der Waals surface area contributed by atoms with Crippen molar-refractivity contribution in [2.75, 3.05) is 0 Å². The summed E-state index contributed by atoms with van der Waals surface area (Å²) >= 11 is 0. The van der Waals surface area contributed by atoms with E-state index in [4.69, 9.17) is 4.99 Å². The molecule has 4 aliphatic heterocycles. The number of nitrogens with one attached hydrogen (secondary N) is 1. The Morgan fingerprint density at radius 3 is 1.57 bits per heavy atom. The molecule has 4 N–H and O–H groups in total. The van der Waals surface area contributed by atoms with E-state index < -0.39 is 0 Å². The summed E-state index contributed by atoms with van der Waals surface area (Å²) in [5, 5.41) is 34.9. The molecule has 8 nitrogen and oxygen atoms in total. The van der Waals surface area contributed by atoms with E-state index in [-0.39, 0.29) is 40.2 Å². The van der Waals surface area contributed by atoms with Gasteiger partial charge in [-0.25, -0.2) is 15.0 Å². The van der Waals surface area contributed by atoms with Crippen LogP contribution in [0, 0.1) is 0 Å². The lowest BCUT2D eigenvalue weighted by atomic mass is 9.95. The average Bonchev–Trinajstić information content (AvgIpc) is 3.67. The molecule has 0 radical (unpaired) electrons. The Morgan fingerprint density at radius 2 is 1.02 bits per heavy atom. The number of H-pyrrole nitrogens is 1. The average molecular weight is 541 g/mol. The number of carbonyl (C=O) groups is 1. The maximum Gasteiger partial charge on any atom is 0.230 e. The van der Waals surface area contributed by atoms with E-state index in [0.717, 1.165) is 27.8 Å². The fourth-order valence-electron chi connectivity index (χ4n) is 6.19. The molecule has 8 bridgehead atoms. The number of carbonyl (C=O) groups excluding carboxylic acids is 1. The molecule has 208 valence electrons. The maximum atomic E-state index is 13.9. The second-order valence-corrected chi connectivity index (χ2v) is 10.5. The second-order valence-electron chi connectivity index (χ2n) is 10.5. The zero-order valence-electron chi connectivity index (χ0n) is 24.4. The van der Waals surface area contributed by atoms with Crippen LogP contribution in [-0.2, 0) is 17.6 Å². The predicted molar refractivity (Wildman–Crippen MR) is 160 cm³/mol. The smallest absolute Gasteiger partial charge is 0.230 e. The molecule has 0 aromatic carbocycles. The summed E-state index contributed by atoms with van der Waals surface area (Å²) < 4.78 is 0. The molecule has 5 rings (SSSR count). The number of hydrogen-bond acceptors (Lipinski definition) is 7. The van der Waals surface area contributed by atoms with E-state index in [1.807, 2.05) is 48.5 Å². The first-order chi connectivity index (χ1) is 19.0. The van der Waals surface area contributed by atoms with Gasteiger partial charge in [0.1, 0.15) is 34.2 Å². The summed E-state index contributed by atoms with van der Waals surface area (Å²) in [6.07, 6.45) is 2.34. The van der Waals surface area contributed by atoms with Crippen LogP contribution >= 0.6 is 0 Å². The number of fused-ring (bicyclic) bond motifs is 5. The number of hydrogen-bond donors (Lipinski definition) is 4. The van der Waals surface area contributed by atoms with Crippen molar-refractivity contribution >= 4 is 34.4 Å². The van der Waals surface area contributed by atoms with E-state index in [0.29, 0.717) is 70.9 Å². The van der Waals surface area contributed by atoms with Crippen molar-refractivity contribution in [3.8, 4) is 0 Å². The minimum Gasteiger partial charge on any atom is -0.504 e. The fourth-order valence-corrected chi connectivity index (χ4v) is 6.19. The van der Waals surface area contributed by atoms with Crippen LogP contribution in [0.5, 0.6) is 0 Å². The third-order valence-electron chi connectivity index (χ3n) is 8.56. The van der Waals surface area contributed by atoms with Crippen LogP contribution in [0.4, 0.5) is 0 Å². The Kier molecular flexibility index (Phi) is 6.68. The van der Waals surface area contributed by atoms with Gasteiger partial charge in [-0.3, -0.25) is 4.79 Å². The first-order valence-corrected chi connectivity index (χ1v) is 14.0. The Balaban J connectivity index is 1.95. The third kappa shape index (κ3) is 3.65. The van der Waals surface area contributed by atoms with E-state index in [1.165, 1.54) is 0 Å². The van der Waals surface area contributed by atoms with Gasteiger partial charge in [0.25, 0.3) is 0 Å². The zero-order chi connectivity index (χ0) is 29.2. The molecule has 0 atom stereocenters. The van der Waals surface area contributed by atoms with Crippen LogP contribution in [0.25, 0.3) is 11.5 Å². The summed E-state index contributed by atoms with van der Waals surface area (Å²) in [6, 6.07) is 0. The van der Waals surface area contributed by atoms with Gasteiger partial charge in [-0.15, -0.1) is 0 Å². The normalized spacial score (nSPS) is 19.6. The molecule has 0 unspecified atom stereocenters. The molecule has 0 saturated carbocycles. The summed E-state index contributed by atoms with van der Waals surface area (Å²) in [4.78, 5) is 31.2. The predicted octanol–water partition coefficient (Wildman–Crippen LogP) is 7.10. The number of aliphatic hydroxyl groups excluding tert-OH is 3. The molecule has 0 aliphatic carbocycles. The molecule has 5 heterocycles. The molecule has 4 aliphatic rings. The maximum absolute atomic E-state index is 13.9. The molecular weight excluding hydrogens is 504 g/mol. The van der Waals surface area contributed by atoms with Crippen LogP contribution in [-0.4, -0.2) is 43.2 Å². The van der Waals surface area contributed by atoms with Crippen molar-refractivity contribution in [3.63, 3.8) is 0 Å². The van der Waals surface area contributed by atoms with Gasteiger partial charge in [0, 0.05) is 0 Å². The van der Waals surface area contributed by atoms with Crippen molar-refractivity contribution in [1.82, 2.24) is 4.98 Å². The minimum absolute atomic E-state index is 0.0498. The van der Waals surface area contributed by atoms with Gasteiger partial charge < -0.3 is 20.3 Å². The van der Waals surface area contributed by atoms with Gasteiger partial charge in [0.15, 0.2) is 17.3 Å². The SMILES string of the molecule is CCC1=C(C)C2=C(O)c3[nH]c(c(CC)c3CC)C(O)=C3N=C(C(=O)C4=NC(=C(O)C1=N2)C(C)=C4C)C(C)=C3CC. The standard InChI is InChI=1S/C32H36N4O4/c1-9-17-16(8)24-31(39)27-19(11-3)20(12-4)28(36-27)32(40)26-18(10-2)15(7)23(34-26)29(37)21-13(5)14(6)22(33-21)30(38)25(17)35-24/h36,38-40H,9-12H2,1-8H3. The molecule has 1 aromatic heterocycles. The number of aliphatic imine (C=N–C) groups is 3. The lowest BCUT2D eigenvalue weighted by Crippen LogP contribution is -2.24. The van der Waals surface area contributed by atoms with Crippen LogP contribution < -0.4 is 0 Å². The number of aliphatic hydroxyl groups is 3. The van der Waals surface area contributed by atoms with Gasteiger partial charge in [0.05, 0.1) is 11.4 Å². The summed E-state index contributed by atoms with van der Waals surface area (Å²) in [5.74, 6) is -0.597. The quantitative estimate of drug-likeness (QED) is 0.324.